The summed E-state index contributed by atoms with van der Waals surface area (Å²) >= 11 is 3.65. The van der Waals surface area contributed by atoms with Gasteiger partial charge in [0, 0.05) is 26.4 Å². The molecule has 0 aromatic heterocycles. The van der Waals surface area contributed by atoms with Gasteiger partial charge in [0.15, 0.2) is 5.78 Å². The molecule has 0 saturated heterocycles. The zero-order valence-electron chi connectivity index (χ0n) is 11.0. The van der Waals surface area contributed by atoms with E-state index in [1.165, 1.54) is 10.8 Å². The van der Waals surface area contributed by atoms with Crippen LogP contribution in [0.2, 0.25) is 0 Å². The minimum Gasteiger partial charge on any atom is -0.289 e. The van der Waals surface area contributed by atoms with E-state index in [1.54, 1.807) is 0 Å². The third kappa shape index (κ3) is 1.29. The topological polar surface area (TPSA) is 17.1 Å². The normalized spacial score (nSPS) is 13.1. The van der Waals surface area contributed by atoms with Crippen LogP contribution in [-0.2, 0) is 0 Å². The van der Waals surface area contributed by atoms with Crippen LogP contribution >= 0.6 is 15.9 Å². The fourth-order valence-electron chi connectivity index (χ4n) is 3.54. The molecule has 0 unspecified atom stereocenters. The summed E-state index contributed by atoms with van der Waals surface area (Å²) in [4.78, 5) is 12.9. The summed E-state index contributed by atoms with van der Waals surface area (Å²) in [5.41, 5.74) is 1.63. The van der Waals surface area contributed by atoms with Crippen molar-refractivity contribution in [2.24, 2.45) is 0 Å². The Bertz CT molecular complexity index is 1110. The molecule has 0 atom stereocenters. The lowest BCUT2D eigenvalue weighted by Gasteiger charge is -2.19. The monoisotopic (exact) mass is 332 g/mol. The van der Waals surface area contributed by atoms with Crippen molar-refractivity contribution in [3.05, 3.63) is 70.2 Å². The molecule has 1 aliphatic carbocycles. The molecule has 0 aliphatic heterocycles. The highest BCUT2D eigenvalue weighted by molar-refractivity contribution is 9.10. The van der Waals surface area contributed by atoms with Crippen LogP contribution in [0, 0.1) is 0 Å². The number of rotatable bonds is 0. The summed E-state index contributed by atoms with van der Waals surface area (Å²) < 4.78 is 1.04. The Morgan fingerprint density at radius 1 is 0.714 bits per heavy atom. The summed E-state index contributed by atoms with van der Waals surface area (Å²) in [6.45, 7) is 0. The molecule has 5 rings (SSSR count). The maximum absolute atomic E-state index is 12.9. The molecule has 0 saturated carbocycles. The fraction of sp³-hybridized carbons (Fsp3) is 0. The van der Waals surface area contributed by atoms with Crippen LogP contribution in [0.4, 0.5) is 0 Å². The second-order valence-electron chi connectivity index (χ2n) is 5.48. The van der Waals surface area contributed by atoms with E-state index in [-0.39, 0.29) is 5.78 Å². The van der Waals surface area contributed by atoms with Gasteiger partial charge in [-0.05, 0) is 27.6 Å². The van der Waals surface area contributed by atoms with E-state index in [0.717, 1.165) is 37.1 Å². The van der Waals surface area contributed by atoms with Crippen molar-refractivity contribution in [2.75, 3.05) is 0 Å². The van der Waals surface area contributed by atoms with Gasteiger partial charge in [-0.2, -0.15) is 0 Å². The maximum Gasteiger partial charge on any atom is 0.194 e. The van der Waals surface area contributed by atoms with Crippen LogP contribution in [-0.4, -0.2) is 5.78 Å². The molecule has 21 heavy (non-hydrogen) atoms. The van der Waals surface area contributed by atoms with Gasteiger partial charge in [-0.3, -0.25) is 4.79 Å². The summed E-state index contributed by atoms with van der Waals surface area (Å²) in [6.07, 6.45) is 0. The van der Waals surface area contributed by atoms with Crippen molar-refractivity contribution in [3.8, 4) is 0 Å². The SMILES string of the molecule is O=C1c2cccc3ccc4cc(Br)c5cccc1c5c4c23. The predicted octanol–water partition coefficient (Wildman–Crippen LogP) is 5.45. The lowest BCUT2D eigenvalue weighted by Crippen LogP contribution is -2.07. The van der Waals surface area contributed by atoms with Crippen molar-refractivity contribution in [1.29, 1.82) is 0 Å². The molecular weight excluding hydrogens is 324 g/mol. The Hall–Kier alpha value is -2.19. The summed E-state index contributed by atoms with van der Waals surface area (Å²) in [7, 11) is 0. The first kappa shape index (κ1) is 11.5. The summed E-state index contributed by atoms with van der Waals surface area (Å²) in [6, 6.07) is 18.3. The standard InChI is InChI=1S/C19H9BrO/c20-15-9-11-8-7-10-3-1-5-13-16(10)17(11)18-12(15)4-2-6-14(18)19(13)21/h1-9H. The van der Waals surface area contributed by atoms with Gasteiger partial charge < -0.3 is 0 Å². The van der Waals surface area contributed by atoms with Gasteiger partial charge >= 0.3 is 0 Å². The van der Waals surface area contributed by atoms with Crippen LogP contribution in [0.25, 0.3) is 32.3 Å². The first-order chi connectivity index (χ1) is 10.3. The first-order valence-electron chi connectivity index (χ1n) is 6.87. The van der Waals surface area contributed by atoms with E-state index in [9.17, 15) is 4.79 Å². The second-order valence-corrected chi connectivity index (χ2v) is 6.34. The van der Waals surface area contributed by atoms with E-state index < -0.39 is 0 Å². The first-order valence-corrected chi connectivity index (χ1v) is 7.66. The van der Waals surface area contributed by atoms with Gasteiger partial charge in [0.25, 0.3) is 0 Å². The highest BCUT2D eigenvalue weighted by Gasteiger charge is 2.24. The summed E-state index contributed by atoms with van der Waals surface area (Å²) in [5, 5.41) is 6.79. The zero-order chi connectivity index (χ0) is 14.1. The van der Waals surface area contributed by atoms with Crippen LogP contribution in [0.5, 0.6) is 0 Å². The molecular formula is C19H9BrO. The number of hydrogen-bond acceptors (Lipinski definition) is 1. The van der Waals surface area contributed by atoms with Gasteiger partial charge in [-0.1, -0.05) is 64.5 Å². The highest BCUT2D eigenvalue weighted by atomic mass is 79.9. The van der Waals surface area contributed by atoms with Gasteiger partial charge in [-0.15, -0.1) is 0 Å². The number of carbonyl (C=O) groups is 1. The largest absolute Gasteiger partial charge is 0.289 e. The number of halogens is 1. The average molecular weight is 333 g/mol. The second kappa shape index (κ2) is 3.71. The maximum atomic E-state index is 12.9. The number of hydrogen-bond donors (Lipinski definition) is 0. The van der Waals surface area contributed by atoms with E-state index in [4.69, 9.17) is 0 Å². The lowest BCUT2D eigenvalue weighted by molar-refractivity contribution is 0.104. The molecule has 0 N–H and O–H groups in total. The Morgan fingerprint density at radius 3 is 2.29 bits per heavy atom. The fourth-order valence-corrected chi connectivity index (χ4v) is 4.12. The van der Waals surface area contributed by atoms with Crippen molar-refractivity contribution < 1.29 is 4.79 Å². The molecule has 98 valence electrons. The molecule has 0 bridgehead atoms. The molecule has 0 amide bonds. The predicted molar refractivity (Wildman–Crippen MR) is 90.1 cm³/mol. The molecule has 0 radical (unpaired) electrons. The Kier molecular flexibility index (Phi) is 2.03. The zero-order valence-corrected chi connectivity index (χ0v) is 12.6. The van der Waals surface area contributed by atoms with E-state index in [2.05, 4.69) is 46.3 Å². The van der Waals surface area contributed by atoms with Gasteiger partial charge in [0.1, 0.15) is 0 Å². The molecule has 1 nitrogen and oxygen atoms in total. The smallest absolute Gasteiger partial charge is 0.194 e. The van der Waals surface area contributed by atoms with Crippen molar-refractivity contribution >= 4 is 54.0 Å². The number of ketones is 1. The quantitative estimate of drug-likeness (QED) is 0.344. The molecule has 0 heterocycles. The van der Waals surface area contributed by atoms with Gasteiger partial charge in [0.05, 0.1) is 0 Å². The Balaban J connectivity index is 2.29. The number of benzene rings is 4. The van der Waals surface area contributed by atoms with Crippen molar-refractivity contribution in [1.82, 2.24) is 0 Å². The molecule has 2 heteroatoms. The minimum absolute atomic E-state index is 0.129. The molecule has 0 fully saturated rings. The third-order valence-electron chi connectivity index (χ3n) is 4.42. The Labute approximate surface area is 129 Å². The van der Waals surface area contributed by atoms with Crippen LogP contribution in [0.15, 0.2) is 59.1 Å². The van der Waals surface area contributed by atoms with Crippen LogP contribution in [0.1, 0.15) is 15.9 Å². The van der Waals surface area contributed by atoms with Crippen LogP contribution < -0.4 is 0 Å². The third-order valence-corrected chi connectivity index (χ3v) is 5.08. The molecule has 0 spiro atoms. The van der Waals surface area contributed by atoms with E-state index >= 15 is 0 Å². The average Bonchev–Trinajstić information content (AvgIpc) is 2.52. The lowest BCUT2D eigenvalue weighted by atomic mass is 9.83. The van der Waals surface area contributed by atoms with Gasteiger partial charge in [0.2, 0.25) is 0 Å². The Morgan fingerprint density at radius 2 is 1.43 bits per heavy atom. The summed E-state index contributed by atoms with van der Waals surface area (Å²) in [5.74, 6) is 0.129. The van der Waals surface area contributed by atoms with Crippen LogP contribution in [0.3, 0.4) is 0 Å². The van der Waals surface area contributed by atoms with E-state index in [1.807, 2.05) is 24.3 Å². The number of carbonyl (C=O) groups excluding carboxylic acids is 1. The van der Waals surface area contributed by atoms with Crippen molar-refractivity contribution in [2.45, 2.75) is 0 Å². The minimum atomic E-state index is 0.129. The molecule has 1 aliphatic rings. The molecule has 4 aromatic carbocycles. The van der Waals surface area contributed by atoms with Crippen molar-refractivity contribution in [3.63, 3.8) is 0 Å². The molecule has 4 aromatic rings. The van der Waals surface area contributed by atoms with E-state index in [0.29, 0.717) is 0 Å². The highest BCUT2D eigenvalue weighted by Crippen LogP contribution is 2.42. The van der Waals surface area contributed by atoms with Gasteiger partial charge in [-0.25, -0.2) is 0 Å².